The zero-order valence-electron chi connectivity index (χ0n) is 19.9. The third-order valence-electron chi connectivity index (χ3n) is 7.37. The molecule has 5 rings (SSSR count). The number of benzene rings is 2. The number of nitrogens with zero attached hydrogens (tertiary/aromatic N) is 4. The number of amides is 2. The van der Waals surface area contributed by atoms with Gasteiger partial charge >= 0.3 is 6.03 Å². The lowest BCUT2D eigenvalue weighted by Gasteiger charge is -2.33. The number of likely N-dealkylation sites (tertiary alicyclic amines) is 1. The van der Waals surface area contributed by atoms with Crippen molar-refractivity contribution in [2.45, 2.75) is 38.6 Å². The number of urea groups is 1. The summed E-state index contributed by atoms with van der Waals surface area (Å²) >= 11 is 3.61. The van der Waals surface area contributed by atoms with Crippen LogP contribution < -0.4 is 0 Å². The van der Waals surface area contributed by atoms with Gasteiger partial charge in [-0.05, 0) is 87.7 Å². The third-order valence-corrected chi connectivity index (χ3v) is 7.86. The monoisotopic (exact) mass is 526 g/mol. The Morgan fingerprint density at radius 1 is 1.00 bits per heavy atom. The second-order valence-corrected chi connectivity index (χ2v) is 10.7. The molecule has 0 N–H and O–H groups in total. The molecule has 7 heteroatoms. The number of carbonyl (C=O) groups excluding carboxylic acids is 1. The highest BCUT2D eigenvalue weighted by Gasteiger charge is 2.31. The van der Waals surface area contributed by atoms with Gasteiger partial charge in [-0.3, -0.25) is 0 Å². The molecule has 0 unspecified atom stereocenters. The average Bonchev–Trinajstić information content (AvgIpc) is 3.39. The van der Waals surface area contributed by atoms with Crippen LogP contribution in [0.1, 0.15) is 38.2 Å². The highest BCUT2D eigenvalue weighted by atomic mass is 79.9. The zero-order chi connectivity index (χ0) is 23.8. The molecular formula is C27H32BrFN4O. The van der Waals surface area contributed by atoms with E-state index in [2.05, 4.69) is 63.6 Å². The highest BCUT2D eigenvalue weighted by molar-refractivity contribution is 9.10. The summed E-state index contributed by atoms with van der Waals surface area (Å²) in [6.07, 6.45) is 4.45. The second kappa shape index (κ2) is 9.70. The largest absolute Gasteiger partial charge is 0.322 e. The molecule has 2 aliphatic rings. The topological polar surface area (TPSA) is 31.7 Å². The first-order valence-corrected chi connectivity index (χ1v) is 13.0. The minimum atomic E-state index is -0.221. The van der Waals surface area contributed by atoms with Crippen LogP contribution in [-0.4, -0.2) is 70.6 Å². The maximum absolute atomic E-state index is 13.5. The molecule has 0 atom stereocenters. The first-order valence-electron chi connectivity index (χ1n) is 12.2. The fraction of sp³-hybridized carbons (Fsp3) is 0.444. The summed E-state index contributed by atoms with van der Waals surface area (Å²) in [6, 6.07) is 13.6. The fourth-order valence-corrected chi connectivity index (χ4v) is 5.73. The van der Waals surface area contributed by atoms with Crippen molar-refractivity contribution in [3.63, 3.8) is 0 Å². The van der Waals surface area contributed by atoms with E-state index in [1.54, 1.807) is 0 Å². The molecule has 3 aromatic rings. The predicted molar refractivity (Wildman–Crippen MR) is 138 cm³/mol. The number of piperidine rings is 1. The molecule has 0 saturated carbocycles. The van der Waals surface area contributed by atoms with E-state index in [1.165, 1.54) is 23.1 Å². The molecule has 1 aromatic heterocycles. The molecule has 2 aliphatic heterocycles. The molecule has 0 bridgehead atoms. The van der Waals surface area contributed by atoms with Crippen molar-refractivity contribution in [1.29, 1.82) is 0 Å². The fourth-order valence-electron chi connectivity index (χ4n) is 5.38. The summed E-state index contributed by atoms with van der Waals surface area (Å²) in [5, 5.41) is 1.27. The molecular weight excluding hydrogens is 495 g/mol. The number of carbonyl (C=O) groups is 1. The van der Waals surface area contributed by atoms with E-state index >= 15 is 0 Å². The van der Waals surface area contributed by atoms with Crippen molar-refractivity contribution >= 4 is 32.9 Å². The molecule has 0 radical (unpaired) electrons. The minimum Gasteiger partial charge on any atom is -0.322 e. The quantitative estimate of drug-likeness (QED) is 0.403. The first kappa shape index (κ1) is 23.4. The Morgan fingerprint density at radius 2 is 1.74 bits per heavy atom. The number of aromatic nitrogens is 1. The minimum absolute atomic E-state index is 0.185. The van der Waals surface area contributed by atoms with Crippen LogP contribution in [0.4, 0.5) is 9.18 Å². The molecule has 2 fully saturated rings. The Kier molecular flexibility index (Phi) is 6.67. The van der Waals surface area contributed by atoms with Gasteiger partial charge < -0.3 is 19.3 Å². The molecule has 3 heterocycles. The summed E-state index contributed by atoms with van der Waals surface area (Å²) in [7, 11) is 0. The standard InChI is InChI=1S/C27H32BrFN4O/c1-19(2)32-16-15-31(27(32)34)14-13-30-11-9-20(10-12-30)25-18-33(23-6-4-22(29)5-7-23)26-17-21(28)3-8-24(25)26/h3-8,17-20H,9-16H2,1-2H3. The van der Waals surface area contributed by atoms with Gasteiger partial charge in [-0.15, -0.1) is 0 Å². The molecule has 2 saturated heterocycles. The second-order valence-electron chi connectivity index (χ2n) is 9.77. The van der Waals surface area contributed by atoms with Crippen molar-refractivity contribution in [3.8, 4) is 5.69 Å². The van der Waals surface area contributed by atoms with E-state index in [0.29, 0.717) is 5.92 Å². The van der Waals surface area contributed by atoms with Crippen molar-refractivity contribution in [1.82, 2.24) is 19.3 Å². The van der Waals surface area contributed by atoms with E-state index < -0.39 is 0 Å². The molecule has 0 spiro atoms. The highest BCUT2D eigenvalue weighted by Crippen LogP contribution is 2.36. The van der Waals surface area contributed by atoms with Gasteiger partial charge in [0.25, 0.3) is 0 Å². The lowest BCUT2D eigenvalue weighted by atomic mass is 9.89. The number of rotatable bonds is 6. The van der Waals surface area contributed by atoms with Gasteiger partial charge in [-0.2, -0.15) is 0 Å². The van der Waals surface area contributed by atoms with Crippen LogP contribution in [0.2, 0.25) is 0 Å². The van der Waals surface area contributed by atoms with Gasteiger partial charge in [0, 0.05) is 54.0 Å². The van der Waals surface area contributed by atoms with Gasteiger partial charge in [0.1, 0.15) is 5.82 Å². The Hall–Kier alpha value is -2.38. The molecule has 2 aromatic carbocycles. The van der Waals surface area contributed by atoms with Crippen LogP contribution in [0.15, 0.2) is 53.1 Å². The number of hydrogen-bond acceptors (Lipinski definition) is 2. The Balaban J connectivity index is 1.27. The van der Waals surface area contributed by atoms with Gasteiger partial charge in [-0.25, -0.2) is 9.18 Å². The van der Waals surface area contributed by atoms with Crippen LogP contribution in [-0.2, 0) is 0 Å². The zero-order valence-corrected chi connectivity index (χ0v) is 21.5. The van der Waals surface area contributed by atoms with Crippen LogP contribution in [0, 0.1) is 5.82 Å². The summed E-state index contributed by atoms with van der Waals surface area (Å²) < 4.78 is 16.7. The average molecular weight is 527 g/mol. The van der Waals surface area contributed by atoms with Crippen molar-refractivity contribution < 1.29 is 9.18 Å². The molecule has 34 heavy (non-hydrogen) atoms. The van der Waals surface area contributed by atoms with Crippen molar-refractivity contribution in [2.75, 3.05) is 39.3 Å². The Bertz CT molecular complexity index is 1170. The van der Waals surface area contributed by atoms with Gasteiger partial charge in [0.15, 0.2) is 0 Å². The predicted octanol–water partition coefficient (Wildman–Crippen LogP) is 5.86. The number of hydrogen-bond donors (Lipinski definition) is 0. The third kappa shape index (κ3) is 4.60. The molecule has 5 nitrogen and oxygen atoms in total. The van der Waals surface area contributed by atoms with Gasteiger partial charge in [0.2, 0.25) is 0 Å². The molecule has 2 amide bonds. The van der Waals surface area contributed by atoms with E-state index in [4.69, 9.17) is 0 Å². The molecule has 180 valence electrons. The SMILES string of the molecule is CC(C)N1CCN(CCN2CCC(c3cn(-c4ccc(F)cc4)c4cc(Br)ccc34)CC2)C1=O. The van der Waals surface area contributed by atoms with Crippen molar-refractivity contribution in [2.24, 2.45) is 0 Å². The van der Waals surface area contributed by atoms with E-state index in [1.807, 2.05) is 21.9 Å². The number of halogens is 2. The van der Waals surface area contributed by atoms with E-state index in [0.717, 1.165) is 67.8 Å². The Morgan fingerprint density at radius 3 is 2.41 bits per heavy atom. The summed E-state index contributed by atoms with van der Waals surface area (Å²) in [6.45, 7) is 9.68. The summed E-state index contributed by atoms with van der Waals surface area (Å²) in [4.78, 5) is 19.0. The lowest BCUT2D eigenvalue weighted by molar-refractivity contribution is 0.166. The van der Waals surface area contributed by atoms with Crippen LogP contribution in [0.25, 0.3) is 16.6 Å². The van der Waals surface area contributed by atoms with Crippen LogP contribution in [0.5, 0.6) is 0 Å². The first-order chi connectivity index (χ1) is 16.4. The molecule has 0 aliphatic carbocycles. The van der Waals surface area contributed by atoms with Gasteiger partial charge in [-0.1, -0.05) is 22.0 Å². The maximum atomic E-state index is 13.5. The lowest BCUT2D eigenvalue weighted by Crippen LogP contribution is -2.41. The van der Waals surface area contributed by atoms with Crippen molar-refractivity contribution in [3.05, 3.63) is 64.5 Å². The summed E-state index contributed by atoms with van der Waals surface area (Å²) in [5.74, 6) is 0.271. The Labute approximate surface area is 209 Å². The van der Waals surface area contributed by atoms with E-state index in [-0.39, 0.29) is 17.9 Å². The van der Waals surface area contributed by atoms with Gasteiger partial charge in [0.05, 0.1) is 5.52 Å². The van der Waals surface area contributed by atoms with Crippen LogP contribution in [0.3, 0.4) is 0 Å². The van der Waals surface area contributed by atoms with Crippen LogP contribution >= 0.6 is 15.9 Å². The maximum Gasteiger partial charge on any atom is 0.320 e. The smallest absolute Gasteiger partial charge is 0.320 e. The normalized spacial score (nSPS) is 18.1. The summed E-state index contributed by atoms with van der Waals surface area (Å²) in [5.41, 5.74) is 3.48. The van der Waals surface area contributed by atoms with E-state index in [9.17, 15) is 9.18 Å². The number of fused-ring (bicyclic) bond motifs is 1.